The highest BCUT2D eigenvalue weighted by Crippen LogP contribution is 2.15. The van der Waals surface area contributed by atoms with Crippen molar-refractivity contribution in [2.75, 3.05) is 13.6 Å². The fraction of sp³-hybridized carbons (Fsp3) is 0.316. The first-order chi connectivity index (χ1) is 12.7. The molecule has 26 heavy (non-hydrogen) atoms. The molecular formula is C19H21N5S2. The smallest absolute Gasteiger partial charge is 0.199 e. The van der Waals surface area contributed by atoms with E-state index in [4.69, 9.17) is 22.6 Å². The van der Waals surface area contributed by atoms with Gasteiger partial charge in [0.05, 0.1) is 19.3 Å². The predicted octanol–water partition coefficient (Wildman–Crippen LogP) is 3.72. The first-order valence-corrected chi connectivity index (χ1v) is 9.74. The van der Waals surface area contributed by atoms with Gasteiger partial charge in [0.2, 0.25) is 0 Å². The standard InChI is InChI=1S/C19H21N5S2/c1-22(12-10-20)15-24-19(25)23(11-9-16-6-3-2-4-7-16)18(21-24)14-17-8-5-13-26-17/h2-8,13H,9,11-12,14-15H2,1H3. The highest BCUT2D eigenvalue weighted by atomic mass is 32.1. The van der Waals surface area contributed by atoms with E-state index in [0.717, 1.165) is 25.2 Å². The van der Waals surface area contributed by atoms with Crippen molar-refractivity contribution in [2.24, 2.45) is 0 Å². The van der Waals surface area contributed by atoms with Gasteiger partial charge in [0.1, 0.15) is 5.82 Å². The minimum absolute atomic E-state index is 0.346. The van der Waals surface area contributed by atoms with E-state index < -0.39 is 0 Å². The van der Waals surface area contributed by atoms with E-state index in [1.54, 1.807) is 11.3 Å². The molecular weight excluding hydrogens is 362 g/mol. The van der Waals surface area contributed by atoms with Gasteiger partial charge in [-0.2, -0.15) is 10.4 Å². The van der Waals surface area contributed by atoms with Crippen molar-refractivity contribution >= 4 is 23.6 Å². The average molecular weight is 384 g/mol. The van der Waals surface area contributed by atoms with Crippen molar-refractivity contribution in [3.8, 4) is 6.07 Å². The summed E-state index contributed by atoms with van der Waals surface area (Å²) >= 11 is 7.41. The molecule has 1 aromatic carbocycles. The number of benzene rings is 1. The van der Waals surface area contributed by atoms with Crippen molar-refractivity contribution < 1.29 is 0 Å². The number of nitriles is 1. The highest BCUT2D eigenvalue weighted by Gasteiger charge is 2.13. The van der Waals surface area contributed by atoms with Crippen LogP contribution in [0.2, 0.25) is 0 Å². The summed E-state index contributed by atoms with van der Waals surface area (Å²) in [7, 11) is 1.90. The highest BCUT2D eigenvalue weighted by molar-refractivity contribution is 7.71. The third-order valence-electron chi connectivity index (χ3n) is 4.09. The quantitative estimate of drug-likeness (QED) is 0.439. The molecule has 3 rings (SSSR count). The molecule has 0 spiro atoms. The molecule has 0 aliphatic carbocycles. The molecule has 5 nitrogen and oxygen atoms in total. The van der Waals surface area contributed by atoms with Crippen LogP contribution in [0, 0.1) is 16.1 Å². The van der Waals surface area contributed by atoms with Gasteiger partial charge in [-0.1, -0.05) is 36.4 Å². The number of nitrogens with zero attached hydrogens (tertiary/aromatic N) is 5. The summed E-state index contributed by atoms with van der Waals surface area (Å²) in [5.74, 6) is 0.971. The molecule has 0 bridgehead atoms. The Morgan fingerprint density at radius 3 is 2.73 bits per heavy atom. The van der Waals surface area contributed by atoms with Crippen LogP contribution in [0.1, 0.15) is 16.3 Å². The molecule has 0 saturated carbocycles. The average Bonchev–Trinajstić information content (AvgIpc) is 3.24. The second kappa shape index (κ2) is 8.90. The third kappa shape index (κ3) is 4.67. The van der Waals surface area contributed by atoms with Crippen LogP contribution in [0.25, 0.3) is 0 Å². The molecule has 3 aromatic rings. The molecule has 0 unspecified atom stereocenters. The summed E-state index contributed by atoms with van der Waals surface area (Å²) < 4.78 is 4.65. The number of hydrogen-bond acceptors (Lipinski definition) is 5. The maximum absolute atomic E-state index is 8.87. The molecule has 0 N–H and O–H groups in total. The summed E-state index contributed by atoms with van der Waals surface area (Å²) in [6.45, 7) is 1.66. The predicted molar refractivity (Wildman–Crippen MR) is 107 cm³/mol. The Labute approximate surface area is 162 Å². The third-order valence-corrected chi connectivity index (χ3v) is 5.40. The number of rotatable bonds is 8. The molecule has 0 fully saturated rings. The van der Waals surface area contributed by atoms with Gasteiger partial charge < -0.3 is 4.57 Å². The van der Waals surface area contributed by atoms with E-state index in [-0.39, 0.29) is 0 Å². The van der Waals surface area contributed by atoms with E-state index in [0.29, 0.717) is 18.0 Å². The second-order valence-electron chi connectivity index (χ2n) is 6.16. The molecule has 7 heteroatoms. The molecule has 0 radical (unpaired) electrons. The lowest BCUT2D eigenvalue weighted by Gasteiger charge is -2.11. The number of thiophene rings is 1. The second-order valence-corrected chi connectivity index (χ2v) is 7.55. The van der Waals surface area contributed by atoms with Crippen LogP contribution < -0.4 is 0 Å². The minimum atomic E-state index is 0.346. The summed E-state index contributed by atoms with van der Waals surface area (Å²) in [4.78, 5) is 3.17. The van der Waals surface area contributed by atoms with Gasteiger partial charge >= 0.3 is 0 Å². The number of hydrogen-bond donors (Lipinski definition) is 0. The Kier molecular flexibility index (Phi) is 6.34. The molecule has 0 atom stereocenters. The maximum atomic E-state index is 8.87. The Morgan fingerprint density at radius 2 is 2.04 bits per heavy atom. The zero-order chi connectivity index (χ0) is 18.4. The Balaban J connectivity index is 1.85. The van der Waals surface area contributed by atoms with Gasteiger partial charge in [-0.25, -0.2) is 4.68 Å². The van der Waals surface area contributed by atoms with Crippen LogP contribution in [-0.4, -0.2) is 32.8 Å². The largest absolute Gasteiger partial charge is 0.303 e. The molecule has 2 heterocycles. The van der Waals surface area contributed by atoms with Crippen LogP contribution >= 0.6 is 23.6 Å². The van der Waals surface area contributed by atoms with Crippen molar-refractivity contribution in [3.05, 3.63) is 68.9 Å². The molecule has 0 saturated heterocycles. The van der Waals surface area contributed by atoms with Crippen molar-refractivity contribution in [1.29, 1.82) is 5.26 Å². The molecule has 2 aromatic heterocycles. The van der Waals surface area contributed by atoms with E-state index in [1.165, 1.54) is 10.4 Å². The zero-order valence-corrected chi connectivity index (χ0v) is 16.3. The van der Waals surface area contributed by atoms with Crippen LogP contribution in [0.5, 0.6) is 0 Å². The van der Waals surface area contributed by atoms with Crippen LogP contribution in [-0.2, 0) is 26.1 Å². The topological polar surface area (TPSA) is 49.8 Å². The van der Waals surface area contributed by atoms with Gasteiger partial charge in [0.25, 0.3) is 0 Å². The fourth-order valence-electron chi connectivity index (χ4n) is 2.79. The van der Waals surface area contributed by atoms with Crippen molar-refractivity contribution in [1.82, 2.24) is 19.2 Å². The summed E-state index contributed by atoms with van der Waals surface area (Å²) in [5.41, 5.74) is 1.28. The minimum Gasteiger partial charge on any atom is -0.303 e. The van der Waals surface area contributed by atoms with E-state index in [1.807, 2.05) is 22.7 Å². The SMILES string of the molecule is CN(CC#N)Cn1nc(Cc2cccs2)n(CCc2ccccc2)c1=S. The van der Waals surface area contributed by atoms with E-state index in [2.05, 4.69) is 52.4 Å². The number of aromatic nitrogens is 3. The van der Waals surface area contributed by atoms with Gasteiger partial charge in [-0.15, -0.1) is 11.3 Å². The van der Waals surface area contributed by atoms with Crippen molar-refractivity contribution in [2.45, 2.75) is 26.1 Å². The lowest BCUT2D eigenvalue weighted by atomic mass is 10.1. The molecule has 0 aliphatic rings. The summed E-state index contributed by atoms with van der Waals surface area (Å²) in [5, 5.41) is 15.7. The monoisotopic (exact) mass is 383 g/mol. The van der Waals surface area contributed by atoms with Crippen LogP contribution in [0.3, 0.4) is 0 Å². The Morgan fingerprint density at radius 1 is 1.23 bits per heavy atom. The molecule has 0 aliphatic heterocycles. The van der Waals surface area contributed by atoms with Gasteiger partial charge in [-0.3, -0.25) is 4.90 Å². The summed E-state index contributed by atoms with van der Waals surface area (Å²) in [6.07, 6.45) is 1.68. The molecule has 0 amide bonds. The maximum Gasteiger partial charge on any atom is 0.199 e. The normalized spacial score (nSPS) is 11.0. The van der Waals surface area contributed by atoms with Crippen LogP contribution in [0.4, 0.5) is 0 Å². The Hall–Kier alpha value is -2.27. The van der Waals surface area contributed by atoms with Gasteiger partial charge in [-0.05, 0) is 42.7 Å². The van der Waals surface area contributed by atoms with Crippen molar-refractivity contribution in [3.63, 3.8) is 0 Å². The van der Waals surface area contributed by atoms with Crippen LogP contribution in [0.15, 0.2) is 47.8 Å². The lowest BCUT2D eigenvalue weighted by molar-refractivity contribution is 0.278. The van der Waals surface area contributed by atoms with Gasteiger partial charge in [0, 0.05) is 17.8 Å². The Bertz CT molecular complexity index is 919. The summed E-state index contributed by atoms with van der Waals surface area (Å²) in [6, 6.07) is 16.7. The first kappa shape index (κ1) is 18.5. The lowest BCUT2D eigenvalue weighted by Crippen LogP contribution is -2.23. The molecule has 134 valence electrons. The van der Waals surface area contributed by atoms with E-state index in [9.17, 15) is 0 Å². The fourth-order valence-corrected chi connectivity index (χ4v) is 3.78. The first-order valence-electron chi connectivity index (χ1n) is 8.45. The van der Waals surface area contributed by atoms with Gasteiger partial charge in [0.15, 0.2) is 4.77 Å². The number of aryl methyl sites for hydroxylation is 1. The zero-order valence-electron chi connectivity index (χ0n) is 14.7. The van der Waals surface area contributed by atoms with E-state index >= 15 is 0 Å².